The Bertz CT molecular complexity index is 1230. The van der Waals surface area contributed by atoms with Gasteiger partial charge in [0, 0.05) is 17.3 Å². The van der Waals surface area contributed by atoms with Crippen molar-refractivity contribution in [3.63, 3.8) is 0 Å². The van der Waals surface area contributed by atoms with Gasteiger partial charge in [0.05, 0.1) is 12.7 Å². The summed E-state index contributed by atoms with van der Waals surface area (Å²) in [6.45, 7) is -4.48. The molecule has 16 heteroatoms. The van der Waals surface area contributed by atoms with Crippen LogP contribution in [0.5, 0.6) is 11.8 Å². The molecule has 2 amide bonds. The molecule has 0 N–H and O–H groups in total. The van der Waals surface area contributed by atoms with E-state index in [0.29, 0.717) is 16.2 Å². The van der Waals surface area contributed by atoms with Crippen LogP contribution in [-0.4, -0.2) is 62.1 Å². The Morgan fingerprint density at radius 3 is 1.90 bits per heavy atom. The maximum atomic E-state index is 13.8. The number of aromatic nitrogens is 2. The second-order valence-corrected chi connectivity index (χ2v) is 9.06. The summed E-state index contributed by atoms with van der Waals surface area (Å²) in [5.74, 6) is -2.21. The molecule has 2 aromatic carbocycles. The van der Waals surface area contributed by atoms with Gasteiger partial charge in [-0.3, -0.25) is 4.90 Å². The van der Waals surface area contributed by atoms with Gasteiger partial charge in [-0.1, -0.05) is 46.3 Å². The molecule has 0 bridgehead atoms. The van der Waals surface area contributed by atoms with Crippen LogP contribution in [0.1, 0.15) is 5.56 Å². The summed E-state index contributed by atoms with van der Waals surface area (Å²) >= 11 is 3.29. The van der Waals surface area contributed by atoms with Gasteiger partial charge >= 0.3 is 18.4 Å². The molecule has 222 valence electrons. The largest absolute Gasteiger partial charge is 0.468 e. The Labute approximate surface area is 238 Å². The number of ether oxygens (including phenoxy) is 4. The van der Waals surface area contributed by atoms with Crippen molar-refractivity contribution in [2.45, 2.75) is 19.0 Å². The van der Waals surface area contributed by atoms with E-state index in [1.54, 1.807) is 54.6 Å². The number of halogens is 7. The van der Waals surface area contributed by atoms with Crippen molar-refractivity contribution >= 4 is 33.6 Å². The van der Waals surface area contributed by atoms with Crippen LogP contribution >= 0.6 is 15.9 Å². The SMILES string of the molecule is COCN(C(=O)N(COCc1ccccc1)c1nc(OCC(F)(F)F)cc(OCC(F)(F)F)n1)c1ccc(Br)cc1. The molecule has 0 aliphatic carbocycles. The summed E-state index contributed by atoms with van der Waals surface area (Å²) in [5, 5.41) is 0. The fourth-order valence-corrected chi connectivity index (χ4v) is 3.40. The molecule has 0 spiro atoms. The highest BCUT2D eigenvalue weighted by Gasteiger charge is 2.32. The third-order valence-corrected chi connectivity index (χ3v) is 5.40. The van der Waals surface area contributed by atoms with Gasteiger partial charge in [0.25, 0.3) is 0 Å². The minimum Gasteiger partial charge on any atom is -0.468 e. The third kappa shape index (κ3) is 10.7. The molecule has 0 saturated carbocycles. The number of amides is 2. The number of anilines is 2. The van der Waals surface area contributed by atoms with E-state index in [1.807, 2.05) is 0 Å². The number of alkyl halides is 6. The number of urea groups is 1. The molecule has 0 aliphatic rings. The number of carbonyl (C=O) groups excluding carboxylic acids is 1. The maximum absolute atomic E-state index is 13.8. The molecule has 1 aromatic heterocycles. The molecule has 3 rings (SSSR count). The molecular weight excluding hydrogens is 630 g/mol. The first-order valence-electron chi connectivity index (χ1n) is 11.6. The average molecular weight is 653 g/mol. The molecule has 0 aliphatic heterocycles. The van der Waals surface area contributed by atoms with E-state index in [1.165, 1.54) is 7.11 Å². The lowest BCUT2D eigenvalue weighted by atomic mass is 10.2. The Kier molecular flexibility index (Phi) is 11.1. The van der Waals surface area contributed by atoms with Gasteiger partial charge in [0.2, 0.25) is 17.7 Å². The van der Waals surface area contributed by atoms with E-state index >= 15 is 0 Å². The normalized spacial score (nSPS) is 11.7. The minimum absolute atomic E-state index is 0.00508. The Hall–Kier alpha value is -3.63. The number of carbonyl (C=O) groups is 1. The standard InChI is InChI=1S/C25H23BrF6N4O5/c1-38-15-35(19-9-7-18(26)8-10-19)23(37)36(16-39-12-17-5-3-2-4-6-17)22-33-20(40-13-24(27,28)29)11-21(34-22)41-14-25(30,31)32/h2-11H,12-16H2,1H3. The highest BCUT2D eigenvalue weighted by Crippen LogP contribution is 2.27. The van der Waals surface area contributed by atoms with Crippen molar-refractivity contribution in [3.8, 4) is 11.8 Å². The summed E-state index contributed by atoms with van der Waals surface area (Å²) < 4.78 is 97.7. The van der Waals surface area contributed by atoms with Crippen molar-refractivity contribution in [2.75, 3.05) is 43.6 Å². The van der Waals surface area contributed by atoms with Gasteiger partial charge in [-0.05, 0) is 29.8 Å². The molecule has 0 fully saturated rings. The van der Waals surface area contributed by atoms with Crippen LogP contribution in [0, 0.1) is 0 Å². The predicted molar refractivity (Wildman–Crippen MR) is 138 cm³/mol. The summed E-state index contributed by atoms with van der Waals surface area (Å²) in [4.78, 5) is 23.4. The summed E-state index contributed by atoms with van der Waals surface area (Å²) in [6.07, 6.45) is -9.58. The van der Waals surface area contributed by atoms with E-state index in [9.17, 15) is 31.1 Å². The van der Waals surface area contributed by atoms with Crippen molar-refractivity contribution < 1.29 is 50.1 Å². The Morgan fingerprint density at radius 2 is 1.39 bits per heavy atom. The predicted octanol–water partition coefficient (Wildman–Crippen LogP) is 6.33. The summed E-state index contributed by atoms with van der Waals surface area (Å²) in [6, 6.07) is 15.0. The number of hydrogen-bond donors (Lipinski definition) is 0. The zero-order valence-electron chi connectivity index (χ0n) is 21.3. The van der Waals surface area contributed by atoms with Gasteiger partial charge in [-0.25, -0.2) is 9.69 Å². The van der Waals surface area contributed by atoms with Crippen LogP contribution in [0.4, 0.5) is 42.8 Å². The van der Waals surface area contributed by atoms with E-state index in [0.717, 1.165) is 15.4 Å². The van der Waals surface area contributed by atoms with Gasteiger partial charge in [0.15, 0.2) is 13.2 Å². The van der Waals surface area contributed by atoms with Crippen LogP contribution in [0.2, 0.25) is 0 Å². The highest BCUT2D eigenvalue weighted by atomic mass is 79.9. The minimum atomic E-state index is -4.79. The lowest BCUT2D eigenvalue weighted by Gasteiger charge is -2.29. The zero-order chi connectivity index (χ0) is 30.0. The number of hydrogen-bond acceptors (Lipinski definition) is 7. The number of methoxy groups -OCH3 is 1. The fraction of sp³-hybridized carbons (Fsp3) is 0.320. The molecule has 41 heavy (non-hydrogen) atoms. The first-order valence-corrected chi connectivity index (χ1v) is 12.4. The quantitative estimate of drug-likeness (QED) is 0.167. The fourth-order valence-electron chi connectivity index (χ4n) is 3.14. The van der Waals surface area contributed by atoms with Crippen molar-refractivity contribution in [2.24, 2.45) is 0 Å². The third-order valence-electron chi connectivity index (χ3n) is 4.87. The molecule has 1 heterocycles. The van der Waals surface area contributed by atoms with Crippen molar-refractivity contribution in [1.82, 2.24) is 9.97 Å². The topological polar surface area (TPSA) is 86.3 Å². The second-order valence-electron chi connectivity index (χ2n) is 8.15. The van der Waals surface area contributed by atoms with Gasteiger partial charge in [0.1, 0.15) is 13.5 Å². The zero-order valence-corrected chi connectivity index (χ0v) is 22.9. The molecule has 9 nitrogen and oxygen atoms in total. The smallest absolute Gasteiger partial charge is 0.422 e. The lowest BCUT2D eigenvalue weighted by molar-refractivity contribution is -0.154. The number of rotatable bonds is 12. The van der Waals surface area contributed by atoms with Crippen LogP contribution in [-0.2, 0) is 16.1 Å². The summed E-state index contributed by atoms with van der Waals surface area (Å²) in [5.41, 5.74) is 1.06. The molecular formula is C25H23BrF6N4O5. The van der Waals surface area contributed by atoms with Crippen molar-refractivity contribution in [1.29, 1.82) is 0 Å². The number of nitrogens with zero attached hydrogens (tertiary/aromatic N) is 4. The second kappa shape index (κ2) is 14.3. The van der Waals surface area contributed by atoms with Crippen LogP contribution in [0.15, 0.2) is 65.1 Å². The molecule has 0 radical (unpaired) electrons. The van der Waals surface area contributed by atoms with E-state index in [-0.39, 0.29) is 13.3 Å². The van der Waals surface area contributed by atoms with Gasteiger partial charge in [-0.2, -0.15) is 36.3 Å². The maximum Gasteiger partial charge on any atom is 0.422 e. The van der Waals surface area contributed by atoms with E-state index in [4.69, 9.17) is 9.47 Å². The van der Waals surface area contributed by atoms with E-state index in [2.05, 4.69) is 35.4 Å². The van der Waals surface area contributed by atoms with Crippen LogP contribution in [0.3, 0.4) is 0 Å². The summed E-state index contributed by atoms with van der Waals surface area (Å²) in [7, 11) is 1.32. The van der Waals surface area contributed by atoms with Crippen molar-refractivity contribution in [3.05, 3.63) is 70.7 Å². The monoisotopic (exact) mass is 652 g/mol. The molecule has 3 aromatic rings. The number of benzene rings is 2. The van der Waals surface area contributed by atoms with Gasteiger partial charge < -0.3 is 18.9 Å². The van der Waals surface area contributed by atoms with E-state index < -0.39 is 56.0 Å². The molecule has 0 unspecified atom stereocenters. The Morgan fingerprint density at radius 1 is 0.829 bits per heavy atom. The van der Waals surface area contributed by atoms with Crippen LogP contribution < -0.4 is 19.3 Å². The first-order chi connectivity index (χ1) is 19.3. The van der Waals surface area contributed by atoms with Gasteiger partial charge in [-0.15, -0.1) is 0 Å². The molecule has 0 atom stereocenters. The first kappa shape index (κ1) is 31.9. The average Bonchev–Trinajstić information content (AvgIpc) is 2.92. The lowest BCUT2D eigenvalue weighted by Crippen LogP contribution is -2.46. The van der Waals surface area contributed by atoms with Crippen LogP contribution in [0.25, 0.3) is 0 Å². The highest BCUT2D eigenvalue weighted by molar-refractivity contribution is 9.10. The molecule has 0 saturated heterocycles. The Balaban J connectivity index is 2.01.